The van der Waals surface area contributed by atoms with Crippen molar-refractivity contribution in [2.75, 3.05) is 10.7 Å². The van der Waals surface area contributed by atoms with Crippen LogP contribution in [0.5, 0.6) is 0 Å². The van der Waals surface area contributed by atoms with Crippen molar-refractivity contribution in [1.29, 1.82) is 0 Å². The first-order valence-electron chi connectivity index (χ1n) is 4.67. The van der Waals surface area contributed by atoms with Gasteiger partial charge in [0.2, 0.25) is 10.0 Å². The molecule has 0 saturated carbocycles. The number of anilines is 1. The van der Waals surface area contributed by atoms with E-state index in [-0.39, 0.29) is 0 Å². The van der Waals surface area contributed by atoms with E-state index < -0.39 is 10.0 Å². The third kappa shape index (κ3) is 2.94. The van der Waals surface area contributed by atoms with Gasteiger partial charge in [0.15, 0.2) is 0 Å². The first-order chi connectivity index (χ1) is 6.82. The zero-order valence-electron chi connectivity index (χ0n) is 9.14. The van der Waals surface area contributed by atoms with Gasteiger partial charge in [-0.15, -0.1) is 0 Å². The van der Waals surface area contributed by atoms with Crippen molar-refractivity contribution in [3.05, 3.63) is 29.8 Å². The fraction of sp³-hybridized carbons (Fsp3) is 0.400. The second kappa shape index (κ2) is 4.20. The van der Waals surface area contributed by atoms with Crippen molar-refractivity contribution in [3.8, 4) is 0 Å². The molecule has 0 aliphatic carbocycles. The summed E-state index contributed by atoms with van der Waals surface area (Å²) in [7, 11) is -3.38. The fourth-order valence-electron chi connectivity index (χ4n) is 1.20. The summed E-state index contributed by atoms with van der Waals surface area (Å²) in [4.78, 5) is 0. The minimum absolute atomic E-state index is 0.420. The van der Waals surface area contributed by atoms with E-state index >= 15 is 0 Å². The van der Waals surface area contributed by atoms with Crippen molar-refractivity contribution < 1.29 is 8.42 Å². The van der Waals surface area contributed by atoms with Crippen molar-refractivity contribution in [2.24, 2.45) is 5.84 Å². The first kappa shape index (κ1) is 12.0. The molecule has 4 nitrogen and oxygen atoms in total. The molecule has 0 unspecified atom stereocenters. The van der Waals surface area contributed by atoms with Crippen LogP contribution in [-0.4, -0.2) is 14.7 Å². The molecule has 0 radical (unpaired) electrons. The van der Waals surface area contributed by atoms with Crippen LogP contribution in [0.4, 0.5) is 5.69 Å². The lowest BCUT2D eigenvalue weighted by Crippen LogP contribution is -2.36. The molecule has 0 heterocycles. The van der Waals surface area contributed by atoms with E-state index in [0.717, 1.165) is 16.2 Å². The van der Waals surface area contributed by atoms with Gasteiger partial charge >= 0.3 is 0 Å². The maximum Gasteiger partial charge on any atom is 0.245 e. The van der Waals surface area contributed by atoms with E-state index in [9.17, 15) is 8.42 Å². The Morgan fingerprint density at radius 2 is 1.67 bits per heavy atom. The average Bonchev–Trinajstić information content (AvgIpc) is 2.15. The molecule has 0 aliphatic heterocycles. The van der Waals surface area contributed by atoms with E-state index in [0.29, 0.717) is 11.6 Å². The zero-order valence-corrected chi connectivity index (χ0v) is 9.95. The van der Waals surface area contributed by atoms with E-state index in [1.54, 1.807) is 12.1 Å². The van der Waals surface area contributed by atoms with Crippen LogP contribution < -0.4 is 10.3 Å². The highest BCUT2D eigenvalue weighted by atomic mass is 32.2. The highest BCUT2D eigenvalue weighted by molar-refractivity contribution is 7.92. The molecule has 0 atom stereocenters. The zero-order chi connectivity index (χ0) is 11.6. The van der Waals surface area contributed by atoms with Crippen molar-refractivity contribution in [2.45, 2.75) is 19.8 Å². The Kier molecular flexibility index (Phi) is 3.36. The number of benzene rings is 1. The van der Waals surface area contributed by atoms with Crippen molar-refractivity contribution in [1.82, 2.24) is 0 Å². The largest absolute Gasteiger partial charge is 0.245 e. The summed E-state index contributed by atoms with van der Waals surface area (Å²) in [6.07, 6.45) is 1.07. The van der Waals surface area contributed by atoms with Gasteiger partial charge in [0.1, 0.15) is 0 Å². The van der Waals surface area contributed by atoms with Gasteiger partial charge in [-0.25, -0.2) is 18.7 Å². The van der Waals surface area contributed by atoms with Crippen molar-refractivity contribution >= 4 is 15.7 Å². The number of rotatable bonds is 3. The smallest absolute Gasteiger partial charge is 0.233 e. The molecule has 1 aromatic carbocycles. The van der Waals surface area contributed by atoms with E-state index in [1.807, 2.05) is 12.1 Å². The molecule has 0 fully saturated rings. The highest BCUT2D eigenvalue weighted by Crippen LogP contribution is 2.19. The normalized spacial score (nSPS) is 11.8. The van der Waals surface area contributed by atoms with Crippen LogP contribution in [0.1, 0.15) is 25.3 Å². The topological polar surface area (TPSA) is 63.4 Å². The molecule has 0 saturated heterocycles. The predicted octanol–water partition coefficient (Wildman–Crippen LogP) is 1.45. The Morgan fingerprint density at radius 1 is 1.20 bits per heavy atom. The van der Waals surface area contributed by atoms with Gasteiger partial charge in [0.25, 0.3) is 0 Å². The monoisotopic (exact) mass is 228 g/mol. The molecule has 5 heteroatoms. The van der Waals surface area contributed by atoms with E-state index in [2.05, 4.69) is 13.8 Å². The van der Waals surface area contributed by atoms with Gasteiger partial charge in [-0.1, -0.05) is 26.0 Å². The number of hydrogen-bond acceptors (Lipinski definition) is 3. The summed E-state index contributed by atoms with van der Waals surface area (Å²) < 4.78 is 23.1. The van der Waals surface area contributed by atoms with Gasteiger partial charge in [0.05, 0.1) is 11.9 Å². The molecule has 0 aliphatic rings. The van der Waals surface area contributed by atoms with Gasteiger partial charge in [-0.05, 0) is 23.6 Å². The van der Waals surface area contributed by atoms with E-state index in [4.69, 9.17) is 5.84 Å². The summed E-state index contributed by atoms with van der Waals surface area (Å²) in [5, 5.41) is 0. The third-order valence-corrected chi connectivity index (χ3v) is 3.10. The molecule has 15 heavy (non-hydrogen) atoms. The summed E-state index contributed by atoms with van der Waals surface area (Å²) in [6, 6.07) is 7.17. The summed E-state index contributed by atoms with van der Waals surface area (Å²) in [5.41, 5.74) is 1.63. The van der Waals surface area contributed by atoms with Crippen LogP contribution >= 0.6 is 0 Å². The molecule has 2 N–H and O–H groups in total. The second-order valence-corrected chi connectivity index (χ2v) is 5.66. The highest BCUT2D eigenvalue weighted by Gasteiger charge is 2.12. The van der Waals surface area contributed by atoms with Crippen LogP contribution in [0.3, 0.4) is 0 Å². The van der Waals surface area contributed by atoms with Crippen LogP contribution in [0.25, 0.3) is 0 Å². The SMILES string of the molecule is CC(C)c1ccc(N(N)S(C)(=O)=O)cc1. The minimum Gasteiger partial charge on any atom is -0.233 e. The van der Waals surface area contributed by atoms with Gasteiger partial charge in [-0.3, -0.25) is 0 Å². The molecule has 84 valence electrons. The van der Waals surface area contributed by atoms with Gasteiger partial charge in [-0.2, -0.15) is 0 Å². The van der Waals surface area contributed by atoms with Gasteiger partial charge in [0, 0.05) is 0 Å². The third-order valence-electron chi connectivity index (χ3n) is 2.17. The minimum atomic E-state index is -3.38. The van der Waals surface area contributed by atoms with Crippen LogP contribution in [0.15, 0.2) is 24.3 Å². The summed E-state index contributed by atoms with van der Waals surface area (Å²) in [5.74, 6) is 5.86. The summed E-state index contributed by atoms with van der Waals surface area (Å²) in [6.45, 7) is 4.15. The molecule has 1 aromatic rings. The lowest BCUT2D eigenvalue weighted by molar-refractivity contribution is 0.598. The van der Waals surface area contributed by atoms with Crippen LogP contribution in [0, 0.1) is 0 Å². The molecule has 0 aromatic heterocycles. The van der Waals surface area contributed by atoms with E-state index in [1.165, 1.54) is 0 Å². The molecule has 1 rings (SSSR count). The fourth-order valence-corrected chi connectivity index (χ4v) is 1.70. The second-order valence-electron chi connectivity index (χ2n) is 3.81. The maximum absolute atomic E-state index is 11.2. The Balaban J connectivity index is 3.00. The molecular weight excluding hydrogens is 212 g/mol. The first-order valence-corrected chi connectivity index (χ1v) is 6.52. The predicted molar refractivity (Wildman–Crippen MR) is 62.0 cm³/mol. The lowest BCUT2D eigenvalue weighted by atomic mass is 10.0. The number of hydrogen-bond donors (Lipinski definition) is 1. The molecule has 0 bridgehead atoms. The molecule has 0 amide bonds. The van der Waals surface area contributed by atoms with Crippen molar-refractivity contribution in [3.63, 3.8) is 0 Å². The average molecular weight is 228 g/mol. The Labute approximate surface area is 90.7 Å². The van der Waals surface area contributed by atoms with Crippen LogP contribution in [0.2, 0.25) is 0 Å². The van der Waals surface area contributed by atoms with Gasteiger partial charge < -0.3 is 0 Å². The Bertz CT molecular complexity index is 423. The maximum atomic E-state index is 11.2. The quantitative estimate of drug-likeness (QED) is 0.629. The standard InChI is InChI=1S/C10H16N2O2S/c1-8(2)9-4-6-10(7-5-9)12(11)15(3,13)14/h4-8H,11H2,1-3H3. The Morgan fingerprint density at radius 3 is 2.00 bits per heavy atom. The summed E-state index contributed by atoms with van der Waals surface area (Å²) >= 11 is 0. The lowest BCUT2D eigenvalue weighted by Gasteiger charge is -2.16. The number of sulfonamides is 1. The molecule has 0 spiro atoms. The number of nitrogens with two attached hydrogens (primary N) is 1. The number of hydrazine groups is 1. The van der Waals surface area contributed by atoms with Crippen LogP contribution in [-0.2, 0) is 10.0 Å². The Hall–Kier alpha value is -1.07. The number of nitrogens with zero attached hydrogens (tertiary/aromatic N) is 1. The molecular formula is C10H16N2O2S.